The van der Waals surface area contributed by atoms with E-state index in [1.807, 2.05) is 20.8 Å². The number of rotatable bonds is 7. The van der Waals surface area contributed by atoms with Crippen molar-refractivity contribution in [3.05, 3.63) is 29.8 Å². The number of nitrogens with one attached hydrogen (secondary N) is 2. The Morgan fingerprint density at radius 1 is 0.969 bits per heavy atom. The summed E-state index contributed by atoms with van der Waals surface area (Å²) in [5, 5.41) is 6.06. The van der Waals surface area contributed by atoms with Gasteiger partial charge in [-0.25, -0.2) is 8.42 Å². The lowest BCUT2D eigenvalue weighted by Crippen LogP contribution is -2.54. The summed E-state index contributed by atoms with van der Waals surface area (Å²) in [5.41, 5.74) is 1.01. The molecule has 1 aromatic rings. The zero-order valence-corrected chi connectivity index (χ0v) is 20.3. The van der Waals surface area contributed by atoms with E-state index in [2.05, 4.69) is 10.6 Å². The lowest BCUT2D eigenvalue weighted by Gasteiger charge is -2.32. The van der Waals surface area contributed by atoms with Gasteiger partial charge < -0.3 is 10.6 Å². The van der Waals surface area contributed by atoms with E-state index >= 15 is 0 Å². The standard InChI is InChI=1S/C24H37N3O4S/c1-17(2)22(24(29)25-20-7-5-4-6-8-20)26-23(28)19-13-15-27(16-14-19)32(30,31)21-11-9-18(3)10-12-21/h9-12,17,19-20,22H,4-8,13-16H2,1-3H3,(H,25,29)(H,26,28). The Morgan fingerprint density at radius 2 is 1.56 bits per heavy atom. The van der Waals surface area contributed by atoms with Crippen LogP contribution in [0.1, 0.15) is 64.4 Å². The molecule has 2 fully saturated rings. The summed E-state index contributed by atoms with van der Waals surface area (Å²) >= 11 is 0. The molecule has 1 heterocycles. The maximum Gasteiger partial charge on any atom is 0.243 e. The summed E-state index contributed by atoms with van der Waals surface area (Å²) in [6.07, 6.45) is 6.38. The van der Waals surface area contributed by atoms with Crippen molar-refractivity contribution in [1.82, 2.24) is 14.9 Å². The molecule has 0 aromatic heterocycles. The number of hydrogen-bond donors (Lipinski definition) is 2. The van der Waals surface area contributed by atoms with E-state index in [4.69, 9.17) is 0 Å². The average Bonchev–Trinajstić information content (AvgIpc) is 2.78. The van der Waals surface area contributed by atoms with E-state index in [1.165, 1.54) is 10.7 Å². The van der Waals surface area contributed by atoms with Crippen LogP contribution in [-0.2, 0) is 19.6 Å². The Bertz CT molecular complexity index is 884. The molecule has 178 valence electrons. The minimum absolute atomic E-state index is 0.0236. The smallest absolute Gasteiger partial charge is 0.243 e. The molecule has 1 aliphatic carbocycles. The number of aryl methyl sites for hydroxylation is 1. The highest BCUT2D eigenvalue weighted by molar-refractivity contribution is 7.89. The van der Waals surface area contributed by atoms with Crippen molar-refractivity contribution < 1.29 is 18.0 Å². The maximum atomic E-state index is 12.9. The van der Waals surface area contributed by atoms with Gasteiger partial charge in [0.1, 0.15) is 6.04 Å². The first-order valence-corrected chi connectivity index (χ1v) is 13.3. The largest absolute Gasteiger partial charge is 0.352 e. The van der Waals surface area contributed by atoms with Crippen LogP contribution >= 0.6 is 0 Å². The Morgan fingerprint density at radius 3 is 2.12 bits per heavy atom. The van der Waals surface area contributed by atoms with Crippen molar-refractivity contribution >= 4 is 21.8 Å². The molecule has 32 heavy (non-hydrogen) atoms. The Balaban J connectivity index is 1.55. The van der Waals surface area contributed by atoms with Crippen LogP contribution < -0.4 is 10.6 Å². The molecule has 7 nitrogen and oxygen atoms in total. The highest BCUT2D eigenvalue weighted by Crippen LogP contribution is 2.25. The first-order chi connectivity index (χ1) is 15.2. The predicted molar refractivity (Wildman–Crippen MR) is 124 cm³/mol. The second-order valence-electron chi connectivity index (χ2n) is 9.57. The van der Waals surface area contributed by atoms with Gasteiger partial charge in [0.25, 0.3) is 0 Å². The van der Waals surface area contributed by atoms with Gasteiger partial charge in [-0.05, 0) is 50.7 Å². The summed E-state index contributed by atoms with van der Waals surface area (Å²) < 4.78 is 27.2. The molecule has 1 unspecified atom stereocenters. The molecule has 2 aliphatic rings. The minimum Gasteiger partial charge on any atom is -0.352 e. The van der Waals surface area contributed by atoms with Crippen LogP contribution in [0.2, 0.25) is 0 Å². The van der Waals surface area contributed by atoms with E-state index in [0.29, 0.717) is 25.9 Å². The third kappa shape index (κ3) is 6.10. The van der Waals surface area contributed by atoms with Gasteiger partial charge >= 0.3 is 0 Å². The summed E-state index contributed by atoms with van der Waals surface area (Å²) in [5.74, 6) is -0.581. The van der Waals surface area contributed by atoms with Gasteiger partial charge in [-0.1, -0.05) is 50.8 Å². The number of nitrogens with zero attached hydrogens (tertiary/aromatic N) is 1. The lowest BCUT2D eigenvalue weighted by atomic mass is 9.93. The third-order valence-electron chi connectivity index (χ3n) is 6.68. The number of carbonyl (C=O) groups excluding carboxylic acids is 2. The molecule has 0 bridgehead atoms. The Labute approximate surface area is 192 Å². The van der Waals surface area contributed by atoms with Gasteiger partial charge in [-0.2, -0.15) is 4.31 Å². The fraction of sp³-hybridized carbons (Fsp3) is 0.667. The van der Waals surface area contributed by atoms with Gasteiger partial charge in [0.05, 0.1) is 4.90 Å². The fourth-order valence-corrected chi connectivity index (χ4v) is 6.03. The van der Waals surface area contributed by atoms with Crippen LogP contribution in [0.15, 0.2) is 29.2 Å². The number of piperidine rings is 1. The highest BCUT2D eigenvalue weighted by atomic mass is 32.2. The van der Waals surface area contributed by atoms with Gasteiger partial charge in [0, 0.05) is 25.0 Å². The highest BCUT2D eigenvalue weighted by Gasteiger charge is 2.34. The maximum absolute atomic E-state index is 12.9. The molecule has 1 atom stereocenters. The summed E-state index contributed by atoms with van der Waals surface area (Å²) in [6, 6.07) is 6.46. The molecule has 1 saturated heterocycles. The molecular weight excluding hydrogens is 426 g/mol. The first kappa shape index (κ1) is 24.7. The van der Waals surface area contributed by atoms with Crippen LogP contribution in [0.4, 0.5) is 0 Å². The second kappa shape index (κ2) is 10.8. The van der Waals surface area contributed by atoms with E-state index in [-0.39, 0.29) is 34.6 Å². The van der Waals surface area contributed by atoms with Crippen molar-refractivity contribution in [1.29, 1.82) is 0 Å². The molecule has 1 aliphatic heterocycles. The zero-order chi connectivity index (χ0) is 23.3. The van der Waals surface area contributed by atoms with Crippen LogP contribution in [0, 0.1) is 18.8 Å². The second-order valence-corrected chi connectivity index (χ2v) is 11.5. The zero-order valence-electron chi connectivity index (χ0n) is 19.5. The van der Waals surface area contributed by atoms with Gasteiger partial charge in [-0.3, -0.25) is 9.59 Å². The first-order valence-electron chi connectivity index (χ1n) is 11.9. The SMILES string of the molecule is Cc1ccc(S(=O)(=O)N2CCC(C(=O)NC(C(=O)NC3CCCCC3)C(C)C)CC2)cc1. The fourth-order valence-electron chi connectivity index (χ4n) is 4.56. The molecule has 2 amide bonds. The number of benzene rings is 1. The molecule has 2 N–H and O–H groups in total. The van der Waals surface area contributed by atoms with Crippen LogP contribution in [0.3, 0.4) is 0 Å². The van der Waals surface area contributed by atoms with Gasteiger partial charge in [0.2, 0.25) is 21.8 Å². The number of carbonyl (C=O) groups is 2. The molecule has 8 heteroatoms. The molecule has 1 saturated carbocycles. The molecule has 0 spiro atoms. The third-order valence-corrected chi connectivity index (χ3v) is 8.59. The van der Waals surface area contributed by atoms with Crippen LogP contribution in [0.25, 0.3) is 0 Å². The van der Waals surface area contributed by atoms with Crippen molar-refractivity contribution in [3.63, 3.8) is 0 Å². The van der Waals surface area contributed by atoms with E-state index in [1.54, 1.807) is 24.3 Å². The van der Waals surface area contributed by atoms with Crippen LogP contribution in [0.5, 0.6) is 0 Å². The Hall–Kier alpha value is -1.93. The van der Waals surface area contributed by atoms with Gasteiger partial charge in [0.15, 0.2) is 0 Å². The van der Waals surface area contributed by atoms with Crippen molar-refractivity contribution in [2.24, 2.45) is 11.8 Å². The summed E-state index contributed by atoms with van der Waals surface area (Å²) in [7, 11) is -3.56. The van der Waals surface area contributed by atoms with Gasteiger partial charge in [-0.15, -0.1) is 0 Å². The van der Waals surface area contributed by atoms with Crippen molar-refractivity contribution in [2.45, 2.75) is 82.7 Å². The van der Waals surface area contributed by atoms with Crippen molar-refractivity contribution in [3.8, 4) is 0 Å². The normalized spacial score (nSPS) is 20.1. The summed E-state index contributed by atoms with van der Waals surface area (Å²) in [6.45, 7) is 6.38. The van der Waals surface area contributed by atoms with E-state index < -0.39 is 16.1 Å². The number of sulfonamides is 1. The van der Waals surface area contributed by atoms with E-state index in [9.17, 15) is 18.0 Å². The minimum atomic E-state index is -3.56. The molecular formula is C24H37N3O4S. The number of hydrogen-bond acceptors (Lipinski definition) is 4. The van der Waals surface area contributed by atoms with E-state index in [0.717, 1.165) is 31.2 Å². The predicted octanol–water partition coefficient (Wildman–Crippen LogP) is 2.99. The topological polar surface area (TPSA) is 95.6 Å². The number of amides is 2. The molecule has 3 rings (SSSR count). The van der Waals surface area contributed by atoms with Crippen LogP contribution in [-0.4, -0.2) is 49.7 Å². The molecule has 1 aromatic carbocycles. The quantitative estimate of drug-likeness (QED) is 0.650. The Kier molecular flexibility index (Phi) is 8.33. The molecule has 0 radical (unpaired) electrons. The van der Waals surface area contributed by atoms with Crippen molar-refractivity contribution in [2.75, 3.05) is 13.1 Å². The monoisotopic (exact) mass is 463 g/mol. The lowest BCUT2D eigenvalue weighted by molar-refractivity contribution is -0.133. The average molecular weight is 464 g/mol. The summed E-state index contributed by atoms with van der Waals surface area (Å²) in [4.78, 5) is 26.0.